The van der Waals surface area contributed by atoms with E-state index in [1.54, 1.807) is 20.1 Å². The number of ether oxygens (including phenoxy) is 2. The molecular weight excluding hydrogens is 358 g/mol. The summed E-state index contributed by atoms with van der Waals surface area (Å²) in [5.41, 5.74) is 2.33. The fourth-order valence-electron chi connectivity index (χ4n) is 4.05. The number of benzene rings is 2. The van der Waals surface area contributed by atoms with Crippen molar-refractivity contribution in [3.05, 3.63) is 53.1 Å². The number of hydrogen-bond acceptors (Lipinski definition) is 4. The molecule has 1 saturated heterocycles. The highest BCUT2D eigenvalue weighted by Crippen LogP contribution is 2.48. The molecule has 2 aromatic rings. The molecule has 0 saturated carbocycles. The number of amides is 3. The first-order valence-electron chi connectivity index (χ1n) is 9.15. The van der Waals surface area contributed by atoms with Crippen molar-refractivity contribution < 1.29 is 19.1 Å². The van der Waals surface area contributed by atoms with Crippen LogP contribution in [0.2, 0.25) is 0 Å². The summed E-state index contributed by atoms with van der Waals surface area (Å²) in [5, 5.41) is 8.64. The molecule has 2 heterocycles. The normalized spacial score (nSPS) is 24.9. The second-order valence-electron chi connectivity index (χ2n) is 7.45. The minimum Gasteiger partial charge on any atom is -0.493 e. The monoisotopic (exact) mass is 381 g/mol. The first kappa shape index (κ1) is 18.2. The van der Waals surface area contributed by atoms with Crippen molar-refractivity contribution in [1.82, 2.24) is 10.6 Å². The summed E-state index contributed by atoms with van der Waals surface area (Å²) in [6.45, 7) is 5.66. The zero-order valence-electron chi connectivity index (χ0n) is 16.3. The van der Waals surface area contributed by atoms with Crippen molar-refractivity contribution in [1.29, 1.82) is 0 Å². The highest BCUT2D eigenvalue weighted by atomic mass is 16.5. The minimum atomic E-state index is -1.21. The van der Waals surface area contributed by atoms with Crippen LogP contribution in [0.5, 0.6) is 11.5 Å². The molecular formula is C21H23N3O4. The lowest BCUT2D eigenvalue weighted by atomic mass is 9.79. The molecule has 28 heavy (non-hydrogen) atoms. The van der Waals surface area contributed by atoms with Crippen molar-refractivity contribution in [2.24, 2.45) is 5.92 Å². The van der Waals surface area contributed by atoms with Crippen LogP contribution >= 0.6 is 0 Å². The summed E-state index contributed by atoms with van der Waals surface area (Å²) in [7, 11) is 1.56. The Kier molecular flexibility index (Phi) is 4.18. The van der Waals surface area contributed by atoms with Crippen LogP contribution in [0.15, 0.2) is 36.4 Å². The molecule has 0 spiro atoms. The first-order valence-corrected chi connectivity index (χ1v) is 9.15. The zero-order valence-corrected chi connectivity index (χ0v) is 16.3. The lowest BCUT2D eigenvalue weighted by Crippen LogP contribution is -2.70. The van der Waals surface area contributed by atoms with Gasteiger partial charge in [0, 0.05) is 11.3 Å². The molecule has 2 bridgehead atoms. The van der Waals surface area contributed by atoms with E-state index in [0.29, 0.717) is 17.1 Å². The number of hydrogen-bond donors (Lipinski definition) is 3. The average Bonchev–Trinajstić information content (AvgIpc) is 2.62. The number of methoxy groups -OCH3 is 1. The predicted molar refractivity (Wildman–Crippen MR) is 104 cm³/mol. The molecule has 1 fully saturated rings. The third-order valence-corrected chi connectivity index (χ3v) is 5.38. The smallest absolute Gasteiger partial charge is 0.318 e. The maximum absolute atomic E-state index is 13.3. The fourth-order valence-corrected chi connectivity index (χ4v) is 4.05. The van der Waals surface area contributed by atoms with Gasteiger partial charge in [0.05, 0.1) is 13.2 Å². The van der Waals surface area contributed by atoms with Crippen LogP contribution < -0.4 is 25.4 Å². The van der Waals surface area contributed by atoms with Crippen LogP contribution in [0, 0.1) is 19.8 Å². The van der Waals surface area contributed by atoms with Gasteiger partial charge in [-0.3, -0.25) is 10.1 Å². The van der Waals surface area contributed by atoms with Gasteiger partial charge in [0.25, 0.3) is 0 Å². The number of nitrogens with one attached hydrogen (secondary N) is 3. The van der Waals surface area contributed by atoms with Gasteiger partial charge in [0.1, 0.15) is 5.92 Å². The molecule has 7 nitrogen and oxygen atoms in total. The Bertz CT molecular complexity index is 974. The molecule has 0 radical (unpaired) electrons. The molecule has 146 valence electrons. The van der Waals surface area contributed by atoms with Crippen LogP contribution in [0.1, 0.15) is 29.7 Å². The van der Waals surface area contributed by atoms with Crippen LogP contribution in [0.4, 0.5) is 10.5 Å². The predicted octanol–water partition coefficient (Wildman–Crippen LogP) is 3.03. The maximum atomic E-state index is 13.3. The molecule has 0 aromatic heterocycles. The van der Waals surface area contributed by atoms with Crippen LogP contribution in [0.3, 0.4) is 0 Å². The minimum absolute atomic E-state index is 0.236. The summed E-state index contributed by atoms with van der Waals surface area (Å²) in [5.74, 6) is 0.173. The maximum Gasteiger partial charge on any atom is 0.318 e. The Morgan fingerprint density at radius 3 is 2.75 bits per heavy atom. The van der Waals surface area contributed by atoms with Gasteiger partial charge in [-0.2, -0.15) is 0 Å². The highest BCUT2D eigenvalue weighted by Gasteiger charge is 2.56. The van der Waals surface area contributed by atoms with Gasteiger partial charge in [-0.15, -0.1) is 0 Å². The quantitative estimate of drug-likeness (QED) is 0.763. The highest BCUT2D eigenvalue weighted by molar-refractivity contribution is 5.96. The van der Waals surface area contributed by atoms with Crippen molar-refractivity contribution in [3.63, 3.8) is 0 Å². The Morgan fingerprint density at radius 2 is 2.04 bits per heavy atom. The van der Waals surface area contributed by atoms with Crippen molar-refractivity contribution >= 4 is 17.6 Å². The molecule has 2 aliphatic rings. The van der Waals surface area contributed by atoms with Crippen LogP contribution in [-0.4, -0.2) is 24.8 Å². The summed E-state index contributed by atoms with van der Waals surface area (Å²) in [6, 6.07) is 10.4. The third kappa shape index (κ3) is 2.83. The van der Waals surface area contributed by atoms with E-state index in [9.17, 15) is 9.59 Å². The summed E-state index contributed by atoms with van der Waals surface area (Å²) in [6.07, 6.45) is 0. The van der Waals surface area contributed by atoms with Crippen molar-refractivity contribution in [2.45, 2.75) is 32.5 Å². The van der Waals surface area contributed by atoms with Crippen molar-refractivity contribution in [2.75, 3.05) is 12.4 Å². The van der Waals surface area contributed by atoms with E-state index in [-0.39, 0.29) is 11.9 Å². The second kappa shape index (κ2) is 6.44. The van der Waals surface area contributed by atoms with E-state index >= 15 is 0 Å². The molecule has 3 atom stereocenters. The number of anilines is 1. The van der Waals surface area contributed by atoms with Gasteiger partial charge in [0.15, 0.2) is 17.2 Å². The van der Waals surface area contributed by atoms with Crippen LogP contribution in [0.25, 0.3) is 0 Å². The molecule has 2 aliphatic heterocycles. The van der Waals surface area contributed by atoms with Gasteiger partial charge < -0.3 is 20.1 Å². The Labute approximate surface area is 163 Å². The standard InChI is InChI=1S/C21H23N3O4/c1-11-8-9-14(12(2)10-11)22-19(25)16-17-13-6-5-7-15(27-4)18(13)28-21(16,3)24-20(26)23-17/h5-10,16-17H,1-4H3,(H,22,25)(H2,23,24,26)/t16-,17-,21-/m0/s1. The summed E-state index contributed by atoms with van der Waals surface area (Å²) < 4.78 is 11.5. The number of fused-ring (bicyclic) bond motifs is 4. The Balaban J connectivity index is 1.74. The zero-order chi connectivity index (χ0) is 20.1. The lowest BCUT2D eigenvalue weighted by molar-refractivity contribution is -0.133. The second-order valence-corrected chi connectivity index (χ2v) is 7.45. The summed E-state index contributed by atoms with van der Waals surface area (Å²) in [4.78, 5) is 25.5. The van der Waals surface area contributed by atoms with E-state index in [4.69, 9.17) is 9.47 Å². The van der Waals surface area contributed by atoms with E-state index in [0.717, 1.165) is 16.8 Å². The number of carbonyl (C=O) groups is 2. The van der Waals surface area contributed by atoms with Crippen LogP contribution in [-0.2, 0) is 4.79 Å². The Morgan fingerprint density at radius 1 is 1.25 bits per heavy atom. The molecule has 4 rings (SSSR count). The van der Waals surface area contributed by atoms with Gasteiger partial charge >= 0.3 is 6.03 Å². The van der Waals surface area contributed by atoms with E-state index in [1.807, 2.05) is 44.2 Å². The number of carbonyl (C=O) groups excluding carboxylic acids is 2. The molecule has 2 aromatic carbocycles. The third-order valence-electron chi connectivity index (χ3n) is 5.38. The number of urea groups is 1. The van der Waals surface area contributed by atoms with E-state index in [1.165, 1.54) is 0 Å². The molecule has 7 heteroatoms. The SMILES string of the molecule is COc1cccc2c1O[C@]1(C)NC(=O)N[C@@H]2[C@H]1C(=O)Nc1ccc(C)cc1C. The van der Waals surface area contributed by atoms with E-state index < -0.39 is 17.7 Å². The molecule has 0 unspecified atom stereocenters. The molecule has 3 N–H and O–H groups in total. The first-order chi connectivity index (χ1) is 13.3. The topological polar surface area (TPSA) is 88.7 Å². The summed E-state index contributed by atoms with van der Waals surface area (Å²) >= 11 is 0. The van der Waals surface area contributed by atoms with Gasteiger partial charge in [-0.25, -0.2) is 4.79 Å². The van der Waals surface area contributed by atoms with Gasteiger partial charge in [0.2, 0.25) is 5.91 Å². The van der Waals surface area contributed by atoms with Crippen molar-refractivity contribution in [3.8, 4) is 11.5 Å². The van der Waals surface area contributed by atoms with Gasteiger partial charge in [-0.05, 0) is 38.5 Å². The van der Waals surface area contributed by atoms with Gasteiger partial charge in [-0.1, -0.05) is 29.8 Å². The molecule has 0 aliphatic carbocycles. The average molecular weight is 381 g/mol. The Hall–Kier alpha value is -3.22. The molecule has 3 amide bonds. The largest absolute Gasteiger partial charge is 0.493 e. The number of para-hydroxylation sites is 1. The fraction of sp³-hybridized carbons (Fsp3) is 0.333. The lowest BCUT2D eigenvalue weighted by Gasteiger charge is -2.49. The van der Waals surface area contributed by atoms with E-state index in [2.05, 4.69) is 16.0 Å². The number of aryl methyl sites for hydroxylation is 2. The number of rotatable bonds is 3.